The van der Waals surface area contributed by atoms with Gasteiger partial charge in [-0.2, -0.15) is 22.6 Å². The highest BCUT2D eigenvalue weighted by molar-refractivity contribution is 7.88. The summed E-state index contributed by atoms with van der Waals surface area (Å²) in [5.74, 6) is -2.76. The van der Waals surface area contributed by atoms with E-state index < -0.39 is 22.2 Å². The van der Waals surface area contributed by atoms with Crippen LogP contribution in [-0.4, -0.2) is 76.1 Å². The molecular formula is C14H21F3N4O4S. The predicted molar refractivity (Wildman–Crippen MR) is 85.7 cm³/mol. The minimum atomic E-state index is -5.08. The molecule has 0 spiro atoms. The minimum Gasteiger partial charge on any atom is -0.475 e. The molecule has 2 aliphatic rings. The fraction of sp³-hybridized carbons (Fsp3) is 0.714. The Bertz CT molecular complexity index is 736. The van der Waals surface area contributed by atoms with Crippen LogP contribution >= 0.6 is 0 Å². The molecule has 2 aliphatic heterocycles. The van der Waals surface area contributed by atoms with E-state index in [1.165, 1.54) is 11.8 Å². The third-order valence-corrected chi connectivity index (χ3v) is 5.64. The maximum absolute atomic E-state index is 11.8. The van der Waals surface area contributed by atoms with Gasteiger partial charge in [0.2, 0.25) is 10.0 Å². The number of nitrogens with zero attached hydrogens (tertiary/aromatic N) is 4. The molecular weight excluding hydrogens is 377 g/mol. The van der Waals surface area contributed by atoms with Gasteiger partial charge in [-0.05, 0) is 12.8 Å². The number of hydrogen-bond acceptors (Lipinski definition) is 5. The lowest BCUT2D eigenvalue weighted by atomic mass is 10.2. The summed E-state index contributed by atoms with van der Waals surface area (Å²) in [6.07, 6.45) is 2.12. The number of aromatic nitrogens is 2. The third kappa shape index (κ3) is 5.17. The summed E-state index contributed by atoms with van der Waals surface area (Å²) in [4.78, 5) is 11.2. The predicted octanol–water partition coefficient (Wildman–Crippen LogP) is 0.662. The van der Waals surface area contributed by atoms with Crippen LogP contribution in [-0.2, 0) is 28.4 Å². The van der Waals surface area contributed by atoms with Gasteiger partial charge in [0.25, 0.3) is 0 Å². The van der Waals surface area contributed by atoms with E-state index in [-0.39, 0.29) is 12.1 Å². The first-order valence-electron chi connectivity index (χ1n) is 7.86. The Morgan fingerprint density at radius 1 is 1.31 bits per heavy atom. The van der Waals surface area contributed by atoms with Crippen LogP contribution in [0.4, 0.5) is 13.2 Å². The van der Waals surface area contributed by atoms with Crippen LogP contribution in [0.3, 0.4) is 0 Å². The number of fused-ring (bicyclic) bond motifs is 2. The van der Waals surface area contributed by atoms with Crippen LogP contribution in [0, 0.1) is 0 Å². The number of carboxylic acid groups (broad SMARTS) is 1. The van der Waals surface area contributed by atoms with Gasteiger partial charge in [0, 0.05) is 50.5 Å². The molecule has 0 amide bonds. The SMILES string of the molecule is Cn1cc(CN2CC3CCC(C2)N3S(C)(=O)=O)cn1.O=C(O)C(F)(F)F. The van der Waals surface area contributed by atoms with Crippen LogP contribution in [0.15, 0.2) is 12.4 Å². The van der Waals surface area contributed by atoms with E-state index in [1.54, 1.807) is 8.99 Å². The summed E-state index contributed by atoms with van der Waals surface area (Å²) in [7, 11) is -1.15. The number of hydrogen-bond donors (Lipinski definition) is 1. The first-order valence-corrected chi connectivity index (χ1v) is 9.71. The molecule has 0 aromatic carbocycles. The van der Waals surface area contributed by atoms with Crippen LogP contribution in [0.5, 0.6) is 0 Å². The lowest BCUT2D eigenvalue weighted by molar-refractivity contribution is -0.192. The van der Waals surface area contributed by atoms with Crippen molar-refractivity contribution >= 4 is 16.0 Å². The number of rotatable bonds is 3. The van der Waals surface area contributed by atoms with Crippen LogP contribution < -0.4 is 0 Å². The molecule has 148 valence electrons. The average Bonchev–Trinajstić information content (AvgIpc) is 3.00. The van der Waals surface area contributed by atoms with Crippen molar-refractivity contribution in [2.24, 2.45) is 7.05 Å². The molecule has 8 nitrogen and oxygen atoms in total. The van der Waals surface area contributed by atoms with E-state index in [0.717, 1.165) is 32.5 Å². The zero-order valence-electron chi connectivity index (χ0n) is 14.3. The zero-order chi connectivity index (χ0) is 19.7. The minimum absolute atomic E-state index is 0.158. The van der Waals surface area contributed by atoms with E-state index >= 15 is 0 Å². The van der Waals surface area contributed by atoms with E-state index in [9.17, 15) is 21.6 Å². The summed E-state index contributed by atoms with van der Waals surface area (Å²) in [5.41, 5.74) is 1.19. The maximum Gasteiger partial charge on any atom is 0.490 e. The lowest BCUT2D eigenvalue weighted by Crippen LogP contribution is -2.54. The monoisotopic (exact) mass is 398 g/mol. The number of alkyl halides is 3. The number of aryl methyl sites for hydroxylation is 1. The van der Waals surface area contributed by atoms with E-state index in [1.807, 2.05) is 19.4 Å². The molecule has 2 bridgehead atoms. The summed E-state index contributed by atoms with van der Waals surface area (Å²) < 4.78 is 58.9. The molecule has 2 atom stereocenters. The summed E-state index contributed by atoms with van der Waals surface area (Å²) in [6.45, 7) is 2.52. The molecule has 2 saturated heterocycles. The summed E-state index contributed by atoms with van der Waals surface area (Å²) in [6, 6.07) is 0.316. The van der Waals surface area contributed by atoms with Gasteiger partial charge in [-0.1, -0.05) is 0 Å². The highest BCUT2D eigenvalue weighted by atomic mass is 32.2. The van der Waals surface area contributed by atoms with Crippen molar-refractivity contribution in [2.75, 3.05) is 19.3 Å². The van der Waals surface area contributed by atoms with Gasteiger partial charge in [0.05, 0.1) is 12.5 Å². The number of likely N-dealkylation sites (tertiary alicyclic amines) is 1. The molecule has 12 heteroatoms. The Hall–Kier alpha value is -1.66. The van der Waals surface area contributed by atoms with Crippen molar-refractivity contribution in [1.82, 2.24) is 19.0 Å². The molecule has 3 rings (SSSR count). The van der Waals surface area contributed by atoms with Gasteiger partial charge in [-0.25, -0.2) is 13.2 Å². The fourth-order valence-electron chi connectivity index (χ4n) is 3.43. The molecule has 1 N–H and O–H groups in total. The topological polar surface area (TPSA) is 95.7 Å². The van der Waals surface area contributed by atoms with Crippen LogP contribution in [0.2, 0.25) is 0 Å². The maximum atomic E-state index is 11.8. The van der Waals surface area contributed by atoms with Gasteiger partial charge < -0.3 is 5.11 Å². The number of carboxylic acids is 1. The van der Waals surface area contributed by atoms with E-state index in [2.05, 4.69) is 10.00 Å². The number of piperazine rings is 1. The number of aliphatic carboxylic acids is 1. The first kappa shape index (κ1) is 20.6. The molecule has 0 radical (unpaired) electrons. The summed E-state index contributed by atoms with van der Waals surface area (Å²) in [5, 5.41) is 11.3. The van der Waals surface area contributed by atoms with Crippen molar-refractivity contribution in [3.05, 3.63) is 18.0 Å². The molecule has 0 saturated carbocycles. The second kappa shape index (κ2) is 7.53. The molecule has 1 aromatic heterocycles. The second-order valence-corrected chi connectivity index (χ2v) is 8.38. The second-order valence-electron chi connectivity index (χ2n) is 6.50. The molecule has 0 aliphatic carbocycles. The Morgan fingerprint density at radius 3 is 2.15 bits per heavy atom. The van der Waals surface area contributed by atoms with Gasteiger partial charge in [-0.3, -0.25) is 9.58 Å². The highest BCUT2D eigenvalue weighted by Crippen LogP contribution is 2.32. The van der Waals surface area contributed by atoms with Gasteiger partial charge in [-0.15, -0.1) is 0 Å². The molecule has 2 fully saturated rings. The standard InChI is InChI=1S/C12H20N4O2S.C2HF3O2/c1-14-6-10(5-13-14)7-15-8-11-3-4-12(9-15)16(11)19(2,17)18;3-2(4,5)1(6)7/h5-6,11-12H,3-4,7-9H2,1-2H3;(H,6,7). The van der Waals surface area contributed by atoms with E-state index in [4.69, 9.17) is 9.90 Å². The molecule has 26 heavy (non-hydrogen) atoms. The average molecular weight is 398 g/mol. The summed E-state index contributed by atoms with van der Waals surface area (Å²) >= 11 is 0. The molecule has 3 heterocycles. The van der Waals surface area contributed by atoms with Gasteiger partial charge in [0.15, 0.2) is 0 Å². The van der Waals surface area contributed by atoms with Crippen molar-refractivity contribution in [1.29, 1.82) is 0 Å². The van der Waals surface area contributed by atoms with Crippen molar-refractivity contribution in [2.45, 2.75) is 37.6 Å². The Kier molecular flexibility index (Phi) is 5.98. The number of carbonyl (C=O) groups is 1. The molecule has 2 unspecified atom stereocenters. The van der Waals surface area contributed by atoms with Crippen molar-refractivity contribution < 1.29 is 31.5 Å². The Labute approximate surface area is 149 Å². The Morgan fingerprint density at radius 2 is 1.81 bits per heavy atom. The van der Waals surface area contributed by atoms with Crippen LogP contribution in [0.25, 0.3) is 0 Å². The zero-order valence-corrected chi connectivity index (χ0v) is 15.2. The smallest absolute Gasteiger partial charge is 0.475 e. The molecule has 1 aromatic rings. The number of sulfonamides is 1. The highest BCUT2D eigenvalue weighted by Gasteiger charge is 2.44. The van der Waals surface area contributed by atoms with Gasteiger partial charge >= 0.3 is 12.1 Å². The largest absolute Gasteiger partial charge is 0.490 e. The number of halogens is 3. The quantitative estimate of drug-likeness (QED) is 0.804. The van der Waals surface area contributed by atoms with Crippen molar-refractivity contribution in [3.63, 3.8) is 0 Å². The van der Waals surface area contributed by atoms with Crippen molar-refractivity contribution in [3.8, 4) is 0 Å². The van der Waals surface area contributed by atoms with E-state index in [0.29, 0.717) is 0 Å². The Balaban J connectivity index is 0.000000298. The van der Waals surface area contributed by atoms with Gasteiger partial charge in [0.1, 0.15) is 0 Å². The third-order valence-electron chi connectivity index (χ3n) is 4.28. The normalized spacial score (nSPS) is 24.2. The first-order chi connectivity index (χ1) is 11.9. The fourth-order valence-corrected chi connectivity index (χ4v) is 4.86. The van der Waals surface area contributed by atoms with Crippen LogP contribution in [0.1, 0.15) is 18.4 Å². The lowest BCUT2D eigenvalue weighted by Gasteiger charge is -2.39.